The topological polar surface area (TPSA) is 108 Å². The normalized spacial score (nSPS) is 17.7. The Balaban J connectivity index is 2.50. The lowest BCUT2D eigenvalue weighted by Gasteiger charge is -2.40. The predicted octanol–water partition coefficient (Wildman–Crippen LogP) is 5.45. The number of aromatic hydroxyl groups is 1. The molecule has 4 unspecified atom stereocenters. The van der Waals surface area contributed by atoms with Gasteiger partial charge in [-0.3, -0.25) is 9.59 Å². The molecule has 2 rings (SSSR count). The summed E-state index contributed by atoms with van der Waals surface area (Å²) >= 11 is 0. The van der Waals surface area contributed by atoms with Crippen molar-refractivity contribution in [2.45, 2.75) is 123 Å². The summed E-state index contributed by atoms with van der Waals surface area (Å²) in [6.07, 6.45) is 5.68. The zero-order chi connectivity index (χ0) is 27.8. The lowest BCUT2D eigenvalue weighted by atomic mass is 9.93. The first-order valence-corrected chi connectivity index (χ1v) is 13.8. The lowest BCUT2D eigenvalue weighted by Crippen LogP contribution is -2.57. The summed E-state index contributed by atoms with van der Waals surface area (Å²) in [7, 11) is 0. The monoisotopic (exact) mass is 517 g/mol. The van der Waals surface area contributed by atoms with Crippen LogP contribution < -0.4 is 10.6 Å². The summed E-state index contributed by atoms with van der Waals surface area (Å²) in [5.74, 6) is -0.791. The van der Waals surface area contributed by atoms with Gasteiger partial charge < -0.3 is 25.4 Å². The van der Waals surface area contributed by atoms with Crippen LogP contribution in [0.25, 0.3) is 0 Å². The highest BCUT2D eigenvalue weighted by Gasteiger charge is 2.40. The van der Waals surface area contributed by atoms with Crippen LogP contribution >= 0.6 is 0 Å². The zero-order valence-electron chi connectivity index (χ0n) is 23.7. The molecule has 0 heterocycles. The van der Waals surface area contributed by atoms with Crippen LogP contribution in [0.5, 0.6) is 5.75 Å². The third-order valence-corrected chi connectivity index (χ3v) is 7.14. The van der Waals surface area contributed by atoms with Crippen LogP contribution in [-0.2, 0) is 14.3 Å². The molecule has 37 heavy (non-hydrogen) atoms. The van der Waals surface area contributed by atoms with Crippen LogP contribution in [0.15, 0.2) is 24.3 Å². The quantitative estimate of drug-likeness (QED) is 0.383. The van der Waals surface area contributed by atoms with Crippen molar-refractivity contribution in [3.8, 4) is 5.75 Å². The molecule has 4 atom stereocenters. The van der Waals surface area contributed by atoms with E-state index in [0.29, 0.717) is 18.4 Å². The zero-order valence-corrected chi connectivity index (χ0v) is 23.7. The van der Waals surface area contributed by atoms with Gasteiger partial charge >= 0.3 is 6.09 Å². The molecule has 0 radical (unpaired) electrons. The number of ether oxygens (including phenoxy) is 1. The number of rotatable bonds is 10. The molecule has 1 aromatic carbocycles. The van der Waals surface area contributed by atoms with Crippen molar-refractivity contribution in [1.29, 1.82) is 0 Å². The number of hydrogen-bond acceptors (Lipinski definition) is 5. The minimum Gasteiger partial charge on any atom is -0.508 e. The molecule has 3 amide bonds. The summed E-state index contributed by atoms with van der Waals surface area (Å²) in [6, 6.07) is 4.43. The molecule has 0 aliphatic heterocycles. The molecule has 0 aromatic heterocycles. The second kappa shape index (κ2) is 13.7. The molecule has 0 spiro atoms. The second-order valence-electron chi connectivity index (χ2n) is 11.4. The van der Waals surface area contributed by atoms with Gasteiger partial charge in [0.15, 0.2) is 0 Å². The second-order valence-corrected chi connectivity index (χ2v) is 11.4. The van der Waals surface area contributed by atoms with Gasteiger partial charge in [-0.05, 0) is 70.6 Å². The predicted molar refractivity (Wildman–Crippen MR) is 145 cm³/mol. The van der Waals surface area contributed by atoms with Crippen molar-refractivity contribution in [1.82, 2.24) is 15.5 Å². The summed E-state index contributed by atoms with van der Waals surface area (Å²) < 4.78 is 5.46. The van der Waals surface area contributed by atoms with E-state index in [-0.39, 0.29) is 35.6 Å². The number of nitrogens with zero attached hydrogens (tertiary/aromatic N) is 1. The third-order valence-electron chi connectivity index (χ3n) is 7.14. The van der Waals surface area contributed by atoms with Crippen LogP contribution in [0, 0.1) is 5.92 Å². The van der Waals surface area contributed by atoms with E-state index in [1.807, 2.05) is 27.7 Å². The Morgan fingerprint density at radius 2 is 1.73 bits per heavy atom. The number of phenols is 1. The Bertz CT molecular complexity index is 907. The van der Waals surface area contributed by atoms with Crippen molar-refractivity contribution in [3.05, 3.63) is 29.8 Å². The van der Waals surface area contributed by atoms with Crippen molar-refractivity contribution >= 4 is 17.9 Å². The van der Waals surface area contributed by atoms with E-state index in [4.69, 9.17) is 4.74 Å². The van der Waals surface area contributed by atoms with E-state index < -0.39 is 23.8 Å². The van der Waals surface area contributed by atoms with E-state index in [9.17, 15) is 19.5 Å². The first-order chi connectivity index (χ1) is 17.4. The summed E-state index contributed by atoms with van der Waals surface area (Å²) in [6.45, 7) is 13.0. The number of phenolic OH excluding ortho intramolecular Hbond substituents is 1. The highest BCUT2D eigenvalue weighted by atomic mass is 16.6. The number of carbonyl (C=O) groups excluding carboxylic acids is 3. The van der Waals surface area contributed by atoms with E-state index in [1.165, 1.54) is 6.07 Å². The third kappa shape index (κ3) is 8.93. The first-order valence-electron chi connectivity index (χ1n) is 13.8. The Kier molecular flexibility index (Phi) is 11.3. The van der Waals surface area contributed by atoms with Gasteiger partial charge in [0, 0.05) is 12.1 Å². The molecular weight excluding hydrogens is 470 g/mol. The fraction of sp³-hybridized carbons (Fsp3) is 0.690. The van der Waals surface area contributed by atoms with Crippen molar-refractivity contribution in [3.63, 3.8) is 0 Å². The number of benzene rings is 1. The molecule has 0 bridgehead atoms. The molecule has 1 aromatic rings. The SMILES string of the molecule is CCC(C)C(NC(=O)OC(C)(C)C)C(=O)N(C(C)CC)C(C(=O)NC1CCCCC1)c1cccc(O)c1. The largest absolute Gasteiger partial charge is 0.508 e. The van der Waals surface area contributed by atoms with Crippen molar-refractivity contribution < 1.29 is 24.2 Å². The van der Waals surface area contributed by atoms with Crippen molar-refractivity contribution in [2.75, 3.05) is 0 Å². The van der Waals surface area contributed by atoms with E-state index in [0.717, 1.165) is 32.1 Å². The van der Waals surface area contributed by atoms with E-state index in [1.54, 1.807) is 43.9 Å². The fourth-order valence-electron chi connectivity index (χ4n) is 4.73. The minimum absolute atomic E-state index is 0.0230. The molecular formula is C29H47N3O5. The molecule has 0 saturated heterocycles. The van der Waals surface area contributed by atoms with Gasteiger partial charge in [0.1, 0.15) is 23.4 Å². The average Bonchev–Trinajstić information content (AvgIpc) is 2.83. The maximum absolute atomic E-state index is 14.3. The minimum atomic E-state index is -0.955. The molecule has 8 nitrogen and oxygen atoms in total. The first kappa shape index (κ1) is 30.5. The maximum Gasteiger partial charge on any atom is 0.408 e. The van der Waals surface area contributed by atoms with Gasteiger partial charge in [-0.1, -0.05) is 58.6 Å². The van der Waals surface area contributed by atoms with E-state index >= 15 is 0 Å². The van der Waals surface area contributed by atoms with E-state index in [2.05, 4.69) is 10.6 Å². The summed E-state index contributed by atoms with van der Waals surface area (Å²) in [5.41, 5.74) is -0.185. The summed E-state index contributed by atoms with van der Waals surface area (Å²) in [4.78, 5) is 42.4. The lowest BCUT2D eigenvalue weighted by molar-refractivity contribution is -0.146. The van der Waals surface area contributed by atoms with Crippen LogP contribution in [0.1, 0.15) is 105 Å². The van der Waals surface area contributed by atoms with Crippen molar-refractivity contribution in [2.24, 2.45) is 5.92 Å². The molecule has 8 heteroatoms. The fourth-order valence-corrected chi connectivity index (χ4v) is 4.73. The highest BCUT2D eigenvalue weighted by Crippen LogP contribution is 2.30. The molecule has 1 fully saturated rings. The number of hydrogen-bond donors (Lipinski definition) is 3. The molecule has 1 aliphatic carbocycles. The number of carbonyl (C=O) groups is 3. The average molecular weight is 518 g/mol. The molecule has 3 N–H and O–H groups in total. The van der Waals surface area contributed by atoms with Crippen LogP contribution in [-0.4, -0.2) is 51.6 Å². The maximum atomic E-state index is 14.3. The Labute approximate surface area is 222 Å². The molecule has 1 aliphatic rings. The number of amides is 3. The van der Waals surface area contributed by atoms with Gasteiger partial charge in [0.25, 0.3) is 0 Å². The number of alkyl carbamates (subject to hydrolysis) is 1. The highest BCUT2D eigenvalue weighted by molar-refractivity contribution is 5.92. The Morgan fingerprint density at radius 3 is 2.27 bits per heavy atom. The smallest absolute Gasteiger partial charge is 0.408 e. The van der Waals surface area contributed by atoms with Crippen LogP contribution in [0.4, 0.5) is 4.79 Å². The summed E-state index contributed by atoms with van der Waals surface area (Å²) in [5, 5.41) is 16.2. The standard InChI is InChI=1S/C29H47N3O5/c1-8-19(3)24(31-28(36)37-29(5,6)7)27(35)32(20(4)9-2)25(21-14-13-17-23(33)18-21)26(34)30-22-15-11-10-12-16-22/h13-14,17-20,22,24-25,33H,8-12,15-16H2,1-7H3,(H,30,34)(H,31,36). The van der Waals surface area contributed by atoms with Gasteiger partial charge in [-0.2, -0.15) is 0 Å². The van der Waals surface area contributed by atoms with Gasteiger partial charge in [0.05, 0.1) is 0 Å². The van der Waals surface area contributed by atoms with Crippen LogP contribution in [0.3, 0.4) is 0 Å². The Morgan fingerprint density at radius 1 is 1.08 bits per heavy atom. The van der Waals surface area contributed by atoms with Gasteiger partial charge in [-0.25, -0.2) is 4.79 Å². The van der Waals surface area contributed by atoms with Gasteiger partial charge in [0.2, 0.25) is 11.8 Å². The molecule has 208 valence electrons. The Hall–Kier alpha value is -2.77. The van der Waals surface area contributed by atoms with Gasteiger partial charge in [-0.15, -0.1) is 0 Å². The molecule has 1 saturated carbocycles. The number of nitrogens with one attached hydrogen (secondary N) is 2. The van der Waals surface area contributed by atoms with Crippen LogP contribution in [0.2, 0.25) is 0 Å².